The molecule has 0 bridgehead atoms. The number of ether oxygens (including phenoxy) is 1. The molecular weight excluding hydrogens is 394 g/mol. The number of aromatic amines is 1. The molecule has 1 aliphatic heterocycles. The van der Waals surface area contributed by atoms with Crippen molar-refractivity contribution < 1.29 is 14.9 Å². The van der Waals surface area contributed by atoms with Crippen molar-refractivity contribution in [3.05, 3.63) is 64.1 Å². The molecule has 2 atom stereocenters. The number of nitrogens with one attached hydrogen (secondary N) is 2. The lowest BCUT2D eigenvalue weighted by atomic mass is 9.74. The molecule has 164 valence electrons. The summed E-state index contributed by atoms with van der Waals surface area (Å²) in [6, 6.07) is 13.6. The van der Waals surface area contributed by atoms with Crippen LogP contribution in [0.2, 0.25) is 0 Å². The molecule has 2 aromatic carbocycles. The topological polar surface area (TPSA) is 99.5 Å². The second kappa shape index (κ2) is 8.15. The minimum Gasteiger partial charge on any atom is -0.484 e. The zero-order valence-corrected chi connectivity index (χ0v) is 17.5. The van der Waals surface area contributed by atoms with Gasteiger partial charge in [0.25, 0.3) is 0 Å². The molecule has 0 amide bonds. The molecule has 2 heterocycles. The van der Waals surface area contributed by atoms with E-state index < -0.39 is 18.4 Å². The monoisotopic (exact) mass is 423 g/mol. The van der Waals surface area contributed by atoms with Gasteiger partial charge in [-0.25, -0.2) is 4.79 Å². The van der Waals surface area contributed by atoms with Crippen molar-refractivity contribution in [3.8, 4) is 5.75 Å². The van der Waals surface area contributed by atoms with Crippen molar-refractivity contribution >= 4 is 11.0 Å². The fraction of sp³-hybridized carbons (Fsp3) is 0.458. The molecular formula is C24H29N3O4. The van der Waals surface area contributed by atoms with Gasteiger partial charge in [-0.05, 0) is 50.3 Å². The predicted octanol–water partition coefficient (Wildman–Crippen LogP) is 2.61. The fourth-order valence-corrected chi connectivity index (χ4v) is 5.21. The van der Waals surface area contributed by atoms with E-state index in [9.17, 15) is 15.0 Å². The van der Waals surface area contributed by atoms with E-state index >= 15 is 0 Å². The second-order valence-corrected chi connectivity index (χ2v) is 8.75. The molecule has 7 heteroatoms. The van der Waals surface area contributed by atoms with Gasteiger partial charge in [0.05, 0.1) is 17.1 Å². The van der Waals surface area contributed by atoms with E-state index in [2.05, 4.69) is 22.4 Å². The quantitative estimate of drug-likeness (QED) is 0.506. The smallest absolute Gasteiger partial charge is 0.328 e. The molecule has 2 unspecified atom stereocenters. The highest BCUT2D eigenvalue weighted by atomic mass is 16.5. The average Bonchev–Trinajstić information content (AvgIpc) is 3.10. The first-order chi connectivity index (χ1) is 15.1. The maximum Gasteiger partial charge on any atom is 0.328 e. The average molecular weight is 424 g/mol. The lowest BCUT2D eigenvalue weighted by Gasteiger charge is -2.48. The summed E-state index contributed by atoms with van der Waals surface area (Å²) in [7, 11) is 0. The highest BCUT2D eigenvalue weighted by molar-refractivity contribution is 5.79. The molecule has 7 nitrogen and oxygen atoms in total. The summed E-state index contributed by atoms with van der Waals surface area (Å²) in [5.41, 5.74) is 2.33. The van der Waals surface area contributed by atoms with Crippen LogP contribution >= 0.6 is 0 Å². The maximum absolute atomic E-state index is 12.2. The van der Waals surface area contributed by atoms with Crippen LogP contribution in [-0.4, -0.2) is 38.0 Å². The molecule has 2 aliphatic rings. The van der Waals surface area contributed by atoms with E-state index in [4.69, 9.17) is 4.74 Å². The van der Waals surface area contributed by atoms with E-state index in [0.717, 1.165) is 44.1 Å². The highest BCUT2D eigenvalue weighted by Gasteiger charge is 2.49. The Morgan fingerprint density at radius 2 is 1.94 bits per heavy atom. The summed E-state index contributed by atoms with van der Waals surface area (Å²) in [6.07, 6.45) is 5.00. The number of rotatable bonds is 5. The van der Waals surface area contributed by atoms with E-state index in [1.165, 1.54) is 10.1 Å². The molecule has 1 aromatic heterocycles. The van der Waals surface area contributed by atoms with Crippen LogP contribution in [-0.2, 0) is 13.2 Å². The van der Waals surface area contributed by atoms with Crippen LogP contribution in [0.15, 0.2) is 47.3 Å². The number of hydrogen-bond donors (Lipinski definition) is 4. The van der Waals surface area contributed by atoms with Crippen LogP contribution in [0.1, 0.15) is 49.3 Å². The number of imidazole rings is 1. The third-order valence-electron chi connectivity index (χ3n) is 6.87. The van der Waals surface area contributed by atoms with Crippen molar-refractivity contribution in [1.82, 2.24) is 14.9 Å². The standard InChI is InChI=1S/C24H29N3O4/c28-15-27-19-13-17-20(14-18(19)26-23(27)30)31-24(10-5-2-6-11-24)22(29)21(17)25-12-9-16-7-3-1-4-8-16/h1,3-4,7-8,13-14,21-22,25,28-29H,2,5-6,9-12,15H2,(H,26,30). The lowest BCUT2D eigenvalue weighted by Crippen LogP contribution is -2.57. The minimum absolute atomic E-state index is 0.313. The van der Waals surface area contributed by atoms with Gasteiger partial charge in [-0.15, -0.1) is 0 Å². The van der Waals surface area contributed by atoms with Gasteiger partial charge < -0.3 is 25.3 Å². The molecule has 0 radical (unpaired) electrons. The Kier molecular flexibility index (Phi) is 5.33. The van der Waals surface area contributed by atoms with Gasteiger partial charge in [-0.3, -0.25) is 4.57 Å². The van der Waals surface area contributed by atoms with Crippen LogP contribution in [0.5, 0.6) is 5.75 Å². The summed E-state index contributed by atoms with van der Waals surface area (Å²) in [6.45, 7) is 0.302. The van der Waals surface area contributed by atoms with Crippen LogP contribution in [0.3, 0.4) is 0 Å². The fourth-order valence-electron chi connectivity index (χ4n) is 5.21. The van der Waals surface area contributed by atoms with Crippen molar-refractivity contribution in [1.29, 1.82) is 0 Å². The molecule has 1 aliphatic carbocycles. The number of fused-ring (bicyclic) bond motifs is 2. The van der Waals surface area contributed by atoms with Crippen molar-refractivity contribution in [2.45, 2.75) is 63.0 Å². The molecule has 31 heavy (non-hydrogen) atoms. The number of hydrogen-bond acceptors (Lipinski definition) is 5. The van der Waals surface area contributed by atoms with Gasteiger partial charge in [0, 0.05) is 11.6 Å². The van der Waals surface area contributed by atoms with Gasteiger partial charge in [0.1, 0.15) is 24.2 Å². The number of aromatic nitrogens is 2. The van der Waals surface area contributed by atoms with Gasteiger partial charge in [0.15, 0.2) is 0 Å². The van der Waals surface area contributed by atoms with Crippen LogP contribution in [0.4, 0.5) is 0 Å². The number of nitrogens with zero attached hydrogens (tertiary/aromatic N) is 1. The first-order valence-electron chi connectivity index (χ1n) is 11.1. The molecule has 1 spiro atoms. The predicted molar refractivity (Wildman–Crippen MR) is 118 cm³/mol. The Morgan fingerprint density at radius 1 is 1.16 bits per heavy atom. The zero-order chi connectivity index (χ0) is 21.4. The highest BCUT2D eigenvalue weighted by Crippen LogP contribution is 2.47. The molecule has 3 aromatic rings. The van der Waals surface area contributed by atoms with Crippen LogP contribution in [0, 0.1) is 0 Å². The summed E-state index contributed by atoms with van der Waals surface area (Å²) >= 11 is 0. The molecule has 4 N–H and O–H groups in total. The number of aliphatic hydroxyl groups excluding tert-OH is 2. The minimum atomic E-state index is -0.693. The maximum atomic E-state index is 12.2. The molecule has 0 saturated heterocycles. The number of H-pyrrole nitrogens is 1. The van der Waals surface area contributed by atoms with E-state index in [-0.39, 0.29) is 11.7 Å². The number of aliphatic hydroxyl groups is 2. The zero-order valence-electron chi connectivity index (χ0n) is 17.5. The Hall–Kier alpha value is -2.61. The Morgan fingerprint density at radius 3 is 2.68 bits per heavy atom. The van der Waals surface area contributed by atoms with Gasteiger partial charge in [-0.2, -0.15) is 0 Å². The van der Waals surface area contributed by atoms with Crippen molar-refractivity contribution in [3.63, 3.8) is 0 Å². The van der Waals surface area contributed by atoms with E-state index in [0.29, 0.717) is 23.3 Å². The first-order valence-corrected chi connectivity index (χ1v) is 11.1. The largest absolute Gasteiger partial charge is 0.484 e. The van der Waals surface area contributed by atoms with Crippen molar-refractivity contribution in [2.24, 2.45) is 0 Å². The van der Waals surface area contributed by atoms with Crippen LogP contribution in [0.25, 0.3) is 11.0 Å². The van der Waals surface area contributed by atoms with E-state index in [1.54, 1.807) is 0 Å². The normalized spacial score (nSPS) is 22.4. The van der Waals surface area contributed by atoms with E-state index in [1.807, 2.05) is 30.3 Å². The van der Waals surface area contributed by atoms with Gasteiger partial charge in [-0.1, -0.05) is 36.8 Å². The SMILES string of the molecule is O=c1[nH]c2cc3c(cc2n1CO)C(NCCc1ccccc1)C(O)C1(CCCCC1)O3. The summed E-state index contributed by atoms with van der Waals surface area (Å²) in [5.74, 6) is 0.697. The van der Waals surface area contributed by atoms with Gasteiger partial charge >= 0.3 is 5.69 Å². The summed E-state index contributed by atoms with van der Waals surface area (Å²) in [4.78, 5) is 15.0. The summed E-state index contributed by atoms with van der Waals surface area (Å²) < 4.78 is 7.76. The third kappa shape index (κ3) is 3.56. The van der Waals surface area contributed by atoms with Crippen molar-refractivity contribution in [2.75, 3.05) is 6.54 Å². The Labute approximate surface area is 180 Å². The first kappa shape index (κ1) is 20.3. The number of benzene rings is 2. The van der Waals surface area contributed by atoms with Gasteiger partial charge in [0.2, 0.25) is 0 Å². The second-order valence-electron chi connectivity index (χ2n) is 8.75. The Balaban J connectivity index is 1.52. The molecule has 1 fully saturated rings. The van der Waals surface area contributed by atoms with Crippen LogP contribution < -0.4 is 15.7 Å². The lowest BCUT2D eigenvalue weighted by molar-refractivity contribution is -0.107. The molecule has 1 saturated carbocycles. The molecule has 5 rings (SSSR count). The third-order valence-corrected chi connectivity index (χ3v) is 6.87. The summed E-state index contributed by atoms with van der Waals surface area (Å²) in [5, 5.41) is 24.7. The Bertz CT molecular complexity index is 1120.